The predicted octanol–water partition coefficient (Wildman–Crippen LogP) is 3.44. The van der Waals surface area contributed by atoms with Gasteiger partial charge < -0.3 is 19.4 Å². The molecule has 0 radical (unpaired) electrons. The van der Waals surface area contributed by atoms with Crippen molar-refractivity contribution in [3.63, 3.8) is 0 Å². The Hall–Kier alpha value is -1.77. The Balaban J connectivity index is 0.00000261. The van der Waals surface area contributed by atoms with Crippen molar-refractivity contribution in [1.82, 2.24) is 10.2 Å². The third kappa shape index (κ3) is 5.60. The van der Waals surface area contributed by atoms with Crippen LogP contribution in [-0.4, -0.2) is 50.1 Å². The quantitative estimate of drug-likeness (QED) is 0.304. The summed E-state index contributed by atoms with van der Waals surface area (Å²) in [6, 6.07) is 10.1. The van der Waals surface area contributed by atoms with Gasteiger partial charge in [-0.1, -0.05) is 18.2 Å². The number of aliphatic imine (C=N–C) groups is 1. The van der Waals surface area contributed by atoms with Crippen molar-refractivity contribution in [2.24, 2.45) is 10.9 Å². The smallest absolute Gasteiger partial charge is 0.309 e. The van der Waals surface area contributed by atoms with Gasteiger partial charge in [0.2, 0.25) is 0 Å². The van der Waals surface area contributed by atoms with E-state index in [0.717, 1.165) is 61.6 Å². The summed E-state index contributed by atoms with van der Waals surface area (Å²) in [6.07, 6.45) is 2.42. The minimum atomic E-state index is -0.0695. The van der Waals surface area contributed by atoms with Crippen LogP contribution in [0, 0.1) is 5.92 Å². The van der Waals surface area contributed by atoms with Gasteiger partial charge in [0.15, 0.2) is 5.96 Å². The Morgan fingerprint density at radius 3 is 2.74 bits per heavy atom. The molecule has 1 N–H and O–H groups in total. The average molecular weight is 485 g/mol. The molecule has 1 saturated heterocycles. The highest BCUT2D eigenvalue weighted by Gasteiger charge is 2.27. The minimum Gasteiger partial charge on any atom is -0.466 e. The summed E-state index contributed by atoms with van der Waals surface area (Å²) in [5, 5.41) is 4.53. The summed E-state index contributed by atoms with van der Waals surface area (Å²) in [7, 11) is 1.79. The Morgan fingerprint density at radius 2 is 2.07 bits per heavy atom. The molecule has 2 aromatic rings. The number of guanidine groups is 1. The van der Waals surface area contributed by atoms with Crippen LogP contribution in [0.15, 0.2) is 39.7 Å². The number of esters is 1. The van der Waals surface area contributed by atoms with Crippen LogP contribution in [0.1, 0.15) is 25.5 Å². The number of hydrogen-bond donors (Lipinski definition) is 1. The van der Waals surface area contributed by atoms with Crippen molar-refractivity contribution < 1.29 is 13.9 Å². The lowest BCUT2D eigenvalue weighted by atomic mass is 9.97. The normalized spacial score (nSPS) is 15.5. The van der Waals surface area contributed by atoms with Crippen LogP contribution in [0.25, 0.3) is 11.0 Å². The highest BCUT2D eigenvalue weighted by atomic mass is 127. The largest absolute Gasteiger partial charge is 0.466 e. The summed E-state index contributed by atoms with van der Waals surface area (Å²) >= 11 is 0. The molecule has 2 heterocycles. The van der Waals surface area contributed by atoms with Crippen LogP contribution in [0.2, 0.25) is 0 Å². The van der Waals surface area contributed by atoms with Crippen LogP contribution in [0.3, 0.4) is 0 Å². The van der Waals surface area contributed by atoms with E-state index in [9.17, 15) is 4.79 Å². The number of ether oxygens (including phenoxy) is 1. The van der Waals surface area contributed by atoms with Crippen LogP contribution < -0.4 is 5.32 Å². The van der Waals surface area contributed by atoms with Crippen molar-refractivity contribution in [3.05, 3.63) is 36.1 Å². The molecule has 148 valence electrons. The molecule has 3 rings (SSSR count). The Kier molecular flexibility index (Phi) is 8.40. The van der Waals surface area contributed by atoms with E-state index in [1.807, 2.05) is 25.1 Å². The first kappa shape index (κ1) is 21.5. The molecule has 1 aromatic heterocycles. The molecule has 0 spiro atoms. The molecule has 0 amide bonds. The molecule has 0 saturated carbocycles. The number of para-hydroxylation sites is 1. The Bertz CT molecular complexity index is 734. The van der Waals surface area contributed by atoms with Gasteiger partial charge in [-0.15, -0.1) is 24.0 Å². The molecular formula is C20H28IN3O3. The standard InChI is InChI=1S/C20H27N3O3.HI/c1-3-25-19(24)15-9-12-23(13-10-15)20(21-2)22-11-8-17-14-16-6-4-5-7-18(16)26-17;/h4-7,14-15H,3,8-13H2,1-2H3,(H,21,22);1H. The maximum absolute atomic E-state index is 11.8. The molecule has 0 unspecified atom stereocenters. The molecule has 27 heavy (non-hydrogen) atoms. The van der Waals surface area contributed by atoms with E-state index in [2.05, 4.69) is 27.3 Å². The number of hydrogen-bond acceptors (Lipinski definition) is 4. The van der Waals surface area contributed by atoms with Crippen LogP contribution >= 0.6 is 24.0 Å². The number of benzene rings is 1. The van der Waals surface area contributed by atoms with Crippen LogP contribution in [0.5, 0.6) is 0 Å². The third-order valence-corrected chi connectivity index (χ3v) is 4.76. The topological polar surface area (TPSA) is 67.1 Å². The highest BCUT2D eigenvalue weighted by Crippen LogP contribution is 2.20. The number of carbonyl (C=O) groups excluding carboxylic acids is 1. The maximum Gasteiger partial charge on any atom is 0.309 e. The summed E-state index contributed by atoms with van der Waals surface area (Å²) < 4.78 is 11.0. The van der Waals surface area contributed by atoms with E-state index in [1.165, 1.54) is 0 Å². The minimum absolute atomic E-state index is 0. The first-order valence-corrected chi connectivity index (χ1v) is 9.31. The third-order valence-electron chi connectivity index (χ3n) is 4.76. The lowest BCUT2D eigenvalue weighted by molar-refractivity contribution is -0.149. The van der Waals surface area contributed by atoms with Gasteiger partial charge in [0.1, 0.15) is 11.3 Å². The second kappa shape index (κ2) is 10.5. The lowest BCUT2D eigenvalue weighted by Gasteiger charge is -2.33. The van der Waals surface area contributed by atoms with E-state index in [0.29, 0.717) is 6.61 Å². The lowest BCUT2D eigenvalue weighted by Crippen LogP contribution is -2.47. The molecule has 0 aliphatic carbocycles. The zero-order chi connectivity index (χ0) is 18.4. The molecule has 1 aliphatic heterocycles. The van der Waals surface area contributed by atoms with Gasteiger partial charge in [-0.05, 0) is 31.9 Å². The van der Waals surface area contributed by atoms with E-state index in [-0.39, 0.29) is 35.9 Å². The fourth-order valence-corrected chi connectivity index (χ4v) is 3.38. The van der Waals surface area contributed by atoms with E-state index >= 15 is 0 Å². The number of halogens is 1. The van der Waals surface area contributed by atoms with Gasteiger partial charge in [0.25, 0.3) is 0 Å². The zero-order valence-electron chi connectivity index (χ0n) is 15.9. The average Bonchev–Trinajstić information content (AvgIpc) is 3.08. The molecular weight excluding hydrogens is 457 g/mol. The van der Waals surface area contributed by atoms with Crippen molar-refractivity contribution in [2.75, 3.05) is 33.3 Å². The maximum atomic E-state index is 11.8. The van der Waals surface area contributed by atoms with Gasteiger partial charge in [0, 0.05) is 38.5 Å². The fourth-order valence-electron chi connectivity index (χ4n) is 3.38. The van der Waals surface area contributed by atoms with Gasteiger partial charge in [0.05, 0.1) is 12.5 Å². The number of piperidine rings is 1. The molecule has 1 aliphatic rings. The summed E-state index contributed by atoms with van der Waals surface area (Å²) in [5.74, 6) is 1.79. The molecule has 0 bridgehead atoms. The number of fused-ring (bicyclic) bond motifs is 1. The Labute approximate surface area is 177 Å². The van der Waals surface area contributed by atoms with E-state index in [4.69, 9.17) is 9.15 Å². The second-order valence-corrected chi connectivity index (χ2v) is 6.49. The van der Waals surface area contributed by atoms with Crippen molar-refractivity contribution in [1.29, 1.82) is 0 Å². The summed E-state index contributed by atoms with van der Waals surface area (Å²) in [6.45, 7) is 4.68. The van der Waals surface area contributed by atoms with Crippen molar-refractivity contribution in [2.45, 2.75) is 26.2 Å². The monoisotopic (exact) mass is 485 g/mol. The van der Waals surface area contributed by atoms with Gasteiger partial charge in [-0.25, -0.2) is 0 Å². The first-order valence-electron chi connectivity index (χ1n) is 9.31. The predicted molar refractivity (Wildman–Crippen MR) is 118 cm³/mol. The van der Waals surface area contributed by atoms with Crippen LogP contribution in [-0.2, 0) is 16.0 Å². The van der Waals surface area contributed by atoms with Crippen LogP contribution in [0.4, 0.5) is 0 Å². The summed E-state index contributed by atoms with van der Waals surface area (Å²) in [4.78, 5) is 18.4. The number of likely N-dealkylation sites (tertiary alicyclic amines) is 1. The number of rotatable bonds is 5. The SMILES string of the molecule is CCOC(=O)C1CCN(C(=NC)NCCc2cc3ccccc3o2)CC1.I. The van der Waals surface area contributed by atoms with E-state index in [1.54, 1.807) is 7.05 Å². The molecule has 6 nitrogen and oxygen atoms in total. The van der Waals surface area contributed by atoms with Gasteiger partial charge >= 0.3 is 5.97 Å². The van der Waals surface area contributed by atoms with Crippen molar-refractivity contribution in [3.8, 4) is 0 Å². The van der Waals surface area contributed by atoms with Crippen molar-refractivity contribution >= 4 is 46.9 Å². The van der Waals surface area contributed by atoms with Gasteiger partial charge in [-0.2, -0.15) is 0 Å². The first-order chi connectivity index (χ1) is 12.7. The van der Waals surface area contributed by atoms with Gasteiger partial charge in [-0.3, -0.25) is 9.79 Å². The number of nitrogens with one attached hydrogen (secondary N) is 1. The Morgan fingerprint density at radius 1 is 1.33 bits per heavy atom. The fraction of sp³-hybridized carbons (Fsp3) is 0.500. The number of nitrogens with zero attached hydrogens (tertiary/aromatic N) is 2. The van der Waals surface area contributed by atoms with E-state index < -0.39 is 0 Å². The number of carbonyl (C=O) groups is 1. The second-order valence-electron chi connectivity index (χ2n) is 6.49. The molecule has 0 atom stereocenters. The zero-order valence-corrected chi connectivity index (χ0v) is 18.3. The molecule has 1 fully saturated rings. The molecule has 7 heteroatoms. The highest BCUT2D eigenvalue weighted by molar-refractivity contribution is 14.0. The summed E-state index contributed by atoms with van der Waals surface area (Å²) in [5.41, 5.74) is 0.924. The number of furan rings is 1. The molecule has 1 aromatic carbocycles.